The fraction of sp³-hybridized carbons (Fsp3) is 0.632. The Kier molecular flexibility index (Phi) is 4.50. The Morgan fingerprint density at radius 2 is 2.04 bits per heavy atom. The Morgan fingerprint density at radius 3 is 2.88 bits per heavy atom. The number of carbonyl (C=O) groups is 1. The molecule has 0 amide bonds. The summed E-state index contributed by atoms with van der Waals surface area (Å²) in [7, 11) is 0. The number of hydrogen-bond acceptors (Lipinski definition) is 4. The fourth-order valence-electron chi connectivity index (χ4n) is 4.30. The molecule has 0 saturated heterocycles. The zero-order valence-electron chi connectivity index (χ0n) is 14.2. The molecule has 2 N–H and O–H groups in total. The molecule has 0 radical (unpaired) electrons. The smallest absolute Gasteiger partial charge is 0.137 e. The van der Waals surface area contributed by atoms with Gasteiger partial charge in [-0.15, -0.1) is 0 Å². The molecule has 2 aliphatic carbocycles. The van der Waals surface area contributed by atoms with Crippen LogP contribution in [0.4, 0.5) is 5.82 Å². The third-order valence-corrected chi connectivity index (χ3v) is 5.57. The second-order valence-electron chi connectivity index (χ2n) is 7.44. The third kappa shape index (κ3) is 3.30. The van der Waals surface area contributed by atoms with Crippen LogP contribution in [0.15, 0.2) is 12.3 Å². The first-order chi connectivity index (χ1) is 11.8. The molecule has 1 atom stereocenters. The molecule has 2 fully saturated rings. The first-order valence-electron chi connectivity index (χ1n) is 9.40. The van der Waals surface area contributed by atoms with Gasteiger partial charge in [-0.3, -0.25) is 9.89 Å². The van der Waals surface area contributed by atoms with Gasteiger partial charge in [0.25, 0.3) is 0 Å². The Hall–Kier alpha value is -1.91. The summed E-state index contributed by atoms with van der Waals surface area (Å²) in [6, 6.07) is 2.49. The Bertz CT molecular complexity index is 717. The van der Waals surface area contributed by atoms with Crippen molar-refractivity contribution < 1.29 is 4.79 Å². The maximum absolute atomic E-state index is 11.7. The van der Waals surface area contributed by atoms with Crippen molar-refractivity contribution in [3.63, 3.8) is 0 Å². The van der Waals surface area contributed by atoms with E-state index in [1.807, 2.05) is 12.3 Å². The van der Waals surface area contributed by atoms with E-state index in [1.165, 1.54) is 32.1 Å². The SMILES string of the molecule is O=C1CCCC(Cc2[nH]nc3ccnc(NC4CCCCC4)c23)C1. The monoisotopic (exact) mass is 326 g/mol. The number of H-pyrrole nitrogens is 1. The lowest BCUT2D eigenvalue weighted by atomic mass is 9.85. The van der Waals surface area contributed by atoms with E-state index >= 15 is 0 Å². The standard InChI is InChI=1S/C19H26N4O/c24-15-8-4-5-13(11-15)12-17-18-16(22-23-17)9-10-20-19(18)21-14-6-2-1-3-7-14/h9-10,13-14H,1-8,11-12H2,(H,20,21)(H,22,23). The number of pyridine rings is 1. The highest BCUT2D eigenvalue weighted by atomic mass is 16.1. The van der Waals surface area contributed by atoms with E-state index in [-0.39, 0.29) is 0 Å². The summed E-state index contributed by atoms with van der Waals surface area (Å²) >= 11 is 0. The second-order valence-corrected chi connectivity index (χ2v) is 7.44. The fourth-order valence-corrected chi connectivity index (χ4v) is 4.30. The number of aromatic nitrogens is 3. The van der Waals surface area contributed by atoms with Crippen molar-refractivity contribution in [2.24, 2.45) is 5.92 Å². The van der Waals surface area contributed by atoms with E-state index in [9.17, 15) is 4.79 Å². The highest BCUT2D eigenvalue weighted by molar-refractivity contribution is 5.91. The van der Waals surface area contributed by atoms with E-state index in [2.05, 4.69) is 20.5 Å². The van der Waals surface area contributed by atoms with Crippen molar-refractivity contribution in [2.75, 3.05) is 5.32 Å². The minimum Gasteiger partial charge on any atom is -0.367 e. The number of nitrogens with zero attached hydrogens (tertiary/aromatic N) is 2. The summed E-state index contributed by atoms with van der Waals surface area (Å²) in [6.45, 7) is 0. The molecule has 2 aromatic rings. The zero-order chi connectivity index (χ0) is 16.4. The number of nitrogens with one attached hydrogen (secondary N) is 2. The van der Waals surface area contributed by atoms with Crippen LogP contribution >= 0.6 is 0 Å². The van der Waals surface area contributed by atoms with E-state index in [1.54, 1.807) is 0 Å². The molecule has 2 aromatic heterocycles. The molecule has 2 saturated carbocycles. The lowest BCUT2D eigenvalue weighted by Crippen LogP contribution is -2.23. The van der Waals surface area contributed by atoms with Crippen molar-refractivity contribution in [1.82, 2.24) is 15.2 Å². The lowest BCUT2D eigenvalue weighted by molar-refractivity contribution is -0.121. The number of aromatic amines is 1. The van der Waals surface area contributed by atoms with Gasteiger partial charge in [-0.2, -0.15) is 5.10 Å². The number of anilines is 1. The van der Waals surface area contributed by atoms with Crippen molar-refractivity contribution in [3.05, 3.63) is 18.0 Å². The number of Topliss-reactive ketones (excluding diaryl/α,β-unsaturated/α-hetero) is 1. The minimum atomic E-state index is 0.411. The van der Waals surface area contributed by atoms with Gasteiger partial charge in [-0.05, 0) is 44.1 Å². The molecule has 0 aliphatic heterocycles. The van der Waals surface area contributed by atoms with Gasteiger partial charge in [0.15, 0.2) is 0 Å². The average molecular weight is 326 g/mol. The van der Waals surface area contributed by atoms with Gasteiger partial charge in [-0.25, -0.2) is 4.98 Å². The van der Waals surface area contributed by atoms with Crippen LogP contribution in [-0.4, -0.2) is 27.0 Å². The summed E-state index contributed by atoms with van der Waals surface area (Å²) in [4.78, 5) is 16.3. The summed E-state index contributed by atoms with van der Waals surface area (Å²) < 4.78 is 0. The molecular weight excluding hydrogens is 300 g/mol. The maximum atomic E-state index is 11.7. The summed E-state index contributed by atoms with van der Waals surface area (Å²) in [5.74, 6) is 1.82. The van der Waals surface area contributed by atoms with Crippen LogP contribution in [-0.2, 0) is 11.2 Å². The van der Waals surface area contributed by atoms with E-state index in [4.69, 9.17) is 0 Å². The van der Waals surface area contributed by atoms with Crippen molar-refractivity contribution in [3.8, 4) is 0 Å². The predicted octanol–water partition coefficient (Wildman–Crippen LogP) is 4.00. The quantitative estimate of drug-likeness (QED) is 0.891. The maximum Gasteiger partial charge on any atom is 0.137 e. The molecule has 24 heavy (non-hydrogen) atoms. The van der Waals surface area contributed by atoms with Gasteiger partial charge in [-0.1, -0.05) is 19.3 Å². The van der Waals surface area contributed by atoms with Gasteiger partial charge >= 0.3 is 0 Å². The summed E-state index contributed by atoms with van der Waals surface area (Å²) in [6.07, 6.45) is 12.8. The predicted molar refractivity (Wildman–Crippen MR) is 95.1 cm³/mol. The first-order valence-corrected chi connectivity index (χ1v) is 9.40. The van der Waals surface area contributed by atoms with Gasteiger partial charge in [0.05, 0.1) is 10.9 Å². The average Bonchev–Trinajstić information content (AvgIpc) is 3.00. The van der Waals surface area contributed by atoms with E-state index in [0.29, 0.717) is 24.2 Å². The molecule has 2 aliphatic rings. The van der Waals surface area contributed by atoms with Crippen LogP contribution in [0.5, 0.6) is 0 Å². The number of carbonyl (C=O) groups excluding carboxylic acids is 1. The number of ketones is 1. The Morgan fingerprint density at radius 1 is 1.17 bits per heavy atom. The lowest BCUT2D eigenvalue weighted by Gasteiger charge is -2.24. The summed E-state index contributed by atoms with van der Waals surface area (Å²) in [5, 5.41) is 12.5. The van der Waals surface area contributed by atoms with Gasteiger partial charge < -0.3 is 5.32 Å². The second kappa shape index (κ2) is 6.91. The van der Waals surface area contributed by atoms with Crippen LogP contribution in [0.2, 0.25) is 0 Å². The van der Waals surface area contributed by atoms with Crippen molar-refractivity contribution in [1.29, 1.82) is 0 Å². The number of hydrogen-bond donors (Lipinski definition) is 2. The van der Waals surface area contributed by atoms with Crippen molar-refractivity contribution >= 4 is 22.5 Å². The van der Waals surface area contributed by atoms with Gasteiger partial charge in [0.2, 0.25) is 0 Å². The molecule has 0 spiro atoms. The molecule has 5 nitrogen and oxygen atoms in total. The number of fused-ring (bicyclic) bond motifs is 1. The van der Waals surface area contributed by atoms with Crippen LogP contribution < -0.4 is 5.32 Å². The van der Waals surface area contributed by atoms with Crippen LogP contribution in [0.3, 0.4) is 0 Å². The highest BCUT2D eigenvalue weighted by Crippen LogP contribution is 2.31. The minimum absolute atomic E-state index is 0.411. The third-order valence-electron chi connectivity index (χ3n) is 5.57. The molecule has 128 valence electrons. The molecule has 4 rings (SSSR count). The van der Waals surface area contributed by atoms with Crippen LogP contribution in [0.1, 0.15) is 63.5 Å². The highest BCUT2D eigenvalue weighted by Gasteiger charge is 2.23. The largest absolute Gasteiger partial charge is 0.367 e. The summed E-state index contributed by atoms with van der Waals surface area (Å²) in [5.41, 5.74) is 2.11. The van der Waals surface area contributed by atoms with Crippen LogP contribution in [0.25, 0.3) is 10.9 Å². The zero-order valence-corrected chi connectivity index (χ0v) is 14.2. The topological polar surface area (TPSA) is 70.7 Å². The molecule has 5 heteroatoms. The number of rotatable bonds is 4. The molecule has 0 aromatic carbocycles. The molecule has 1 unspecified atom stereocenters. The van der Waals surface area contributed by atoms with E-state index < -0.39 is 0 Å². The normalized spacial score (nSPS) is 22.8. The van der Waals surface area contributed by atoms with Crippen molar-refractivity contribution in [2.45, 2.75) is 70.3 Å². The van der Waals surface area contributed by atoms with Crippen LogP contribution in [0, 0.1) is 5.92 Å². The van der Waals surface area contributed by atoms with E-state index in [0.717, 1.165) is 48.1 Å². The molecule has 2 heterocycles. The molecular formula is C19H26N4O. The first kappa shape index (κ1) is 15.6. The molecule has 0 bridgehead atoms. The Balaban J connectivity index is 1.57. The van der Waals surface area contributed by atoms with Gasteiger partial charge in [0, 0.05) is 30.8 Å². The van der Waals surface area contributed by atoms with Gasteiger partial charge in [0.1, 0.15) is 11.6 Å². The Labute approximate surface area is 142 Å².